The smallest absolute Gasteiger partial charge is 0.227 e. The summed E-state index contributed by atoms with van der Waals surface area (Å²) in [6, 6.07) is 0.292. The van der Waals surface area contributed by atoms with Gasteiger partial charge in [0.2, 0.25) is 5.91 Å². The molecule has 1 heterocycles. The third kappa shape index (κ3) is 4.47. The van der Waals surface area contributed by atoms with Gasteiger partial charge >= 0.3 is 0 Å². The minimum absolute atomic E-state index is 0.152. The highest BCUT2D eigenvalue weighted by molar-refractivity contribution is 7.98. The number of rotatable bonds is 7. The number of hydrogen-bond donors (Lipinski definition) is 2. The molecule has 3 nitrogen and oxygen atoms in total. The number of carbonyl (C=O) groups is 1. The Bertz CT molecular complexity index is 247. The van der Waals surface area contributed by atoms with Gasteiger partial charge in [-0.3, -0.25) is 4.79 Å². The lowest BCUT2D eigenvalue weighted by atomic mass is 9.76. The summed E-state index contributed by atoms with van der Waals surface area (Å²) < 4.78 is 0. The van der Waals surface area contributed by atoms with Crippen LogP contribution in [-0.2, 0) is 4.79 Å². The normalized spacial score (nSPS) is 25.7. The molecule has 1 amide bonds. The predicted octanol–water partition coefficient (Wildman–Crippen LogP) is 2.41. The summed E-state index contributed by atoms with van der Waals surface area (Å²) >= 11 is 1.84. The lowest BCUT2D eigenvalue weighted by Crippen LogP contribution is -2.52. The SMILES string of the molecule is CCCC1(C(=O)NC(C)CCSC)CCCNC1. The Kier molecular flexibility index (Phi) is 7.08. The fraction of sp³-hybridized carbons (Fsp3) is 0.929. The molecule has 1 aliphatic rings. The maximum absolute atomic E-state index is 12.5. The Morgan fingerprint density at radius 2 is 2.33 bits per heavy atom. The fourth-order valence-corrected chi connectivity index (χ4v) is 3.30. The van der Waals surface area contributed by atoms with E-state index < -0.39 is 0 Å². The van der Waals surface area contributed by atoms with Crippen molar-refractivity contribution in [2.45, 2.75) is 52.0 Å². The molecule has 4 heteroatoms. The van der Waals surface area contributed by atoms with E-state index in [2.05, 4.69) is 30.7 Å². The van der Waals surface area contributed by atoms with Gasteiger partial charge in [-0.25, -0.2) is 0 Å². The number of amides is 1. The molecule has 0 spiro atoms. The number of nitrogens with one attached hydrogen (secondary N) is 2. The first kappa shape index (κ1) is 15.8. The Balaban J connectivity index is 2.53. The van der Waals surface area contributed by atoms with Gasteiger partial charge in [0.25, 0.3) is 0 Å². The van der Waals surface area contributed by atoms with Crippen molar-refractivity contribution in [1.29, 1.82) is 0 Å². The van der Waals surface area contributed by atoms with Crippen LogP contribution in [0.3, 0.4) is 0 Å². The average Bonchev–Trinajstić information content (AvgIpc) is 2.37. The third-order valence-electron chi connectivity index (χ3n) is 3.81. The topological polar surface area (TPSA) is 41.1 Å². The molecule has 1 rings (SSSR count). The van der Waals surface area contributed by atoms with Gasteiger partial charge in [0, 0.05) is 12.6 Å². The lowest BCUT2D eigenvalue weighted by Gasteiger charge is -2.37. The Morgan fingerprint density at radius 3 is 2.89 bits per heavy atom. The van der Waals surface area contributed by atoms with Crippen molar-refractivity contribution >= 4 is 17.7 Å². The zero-order chi connectivity index (χ0) is 13.4. The summed E-state index contributed by atoms with van der Waals surface area (Å²) in [4.78, 5) is 12.5. The van der Waals surface area contributed by atoms with Crippen LogP contribution in [0.25, 0.3) is 0 Å². The molecule has 0 radical (unpaired) electrons. The predicted molar refractivity (Wildman–Crippen MR) is 80.0 cm³/mol. The highest BCUT2D eigenvalue weighted by atomic mass is 32.2. The number of hydrogen-bond acceptors (Lipinski definition) is 3. The van der Waals surface area contributed by atoms with Crippen molar-refractivity contribution in [2.75, 3.05) is 25.1 Å². The second kappa shape index (κ2) is 8.05. The molecule has 0 aromatic rings. The highest BCUT2D eigenvalue weighted by Crippen LogP contribution is 2.32. The fourth-order valence-electron chi connectivity index (χ4n) is 2.71. The van der Waals surface area contributed by atoms with Crippen LogP contribution in [0.2, 0.25) is 0 Å². The maximum atomic E-state index is 12.5. The monoisotopic (exact) mass is 272 g/mol. The highest BCUT2D eigenvalue weighted by Gasteiger charge is 2.38. The van der Waals surface area contributed by atoms with Gasteiger partial charge in [-0.1, -0.05) is 13.3 Å². The summed E-state index contributed by atoms with van der Waals surface area (Å²) in [7, 11) is 0. The van der Waals surface area contributed by atoms with Crippen molar-refractivity contribution in [1.82, 2.24) is 10.6 Å². The molecule has 1 fully saturated rings. The van der Waals surface area contributed by atoms with E-state index in [1.165, 1.54) is 0 Å². The number of piperidine rings is 1. The second-order valence-corrected chi connectivity index (χ2v) is 6.45. The number of thioether (sulfide) groups is 1. The first-order valence-corrected chi connectivity index (χ1v) is 8.54. The quantitative estimate of drug-likeness (QED) is 0.748. The molecule has 0 aromatic heterocycles. The van der Waals surface area contributed by atoms with Gasteiger partial charge in [-0.2, -0.15) is 11.8 Å². The van der Waals surface area contributed by atoms with E-state index in [1.54, 1.807) is 0 Å². The Labute approximate surface area is 116 Å². The van der Waals surface area contributed by atoms with Crippen molar-refractivity contribution in [3.63, 3.8) is 0 Å². The second-order valence-electron chi connectivity index (χ2n) is 5.47. The summed E-state index contributed by atoms with van der Waals surface area (Å²) in [5.74, 6) is 1.38. The van der Waals surface area contributed by atoms with Crippen molar-refractivity contribution < 1.29 is 4.79 Å². The van der Waals surface area contributed by atoms with E-state index in [0.29, 0.717) is 6.04 Å². The Hall–Kier alpha value is -0.220. The molecule has 2 N–H and O–H groups in total. The molecular weight excluding hydrogens is 244 g/mol. The van der Waals surface area contributed by atoms with Crippen LogP contribution < -0.4 is 10.6 Å². The first-order valence-electron chi connectivity index (χ1n) is 7.15. The summed E-state index contributed by atoms with van der Waals surface area (Å²) in [6.07, 6.45) is 7.40. The van der Waals surface area contributed by atoms with Crippen LogP contribution >= 0.6 is 11.8 Å². The summed E-state index contributed by atoms with van der Waals surface area (Å²) in [5, 5.41) is 6.61. The molecule has 1 aliphatic heterocycles. The Morgan fingerprint density at radius 1 is 1.56 bits per heavy atom. The molecule has 0 aliphatic carbocycles. The van der Waals surface area contributed by atoms with E-state index in [-0.39, 0.29) is 11.3 Å². The third-order valence-corrected chi connectivity index (χ3v) is 4.46. The average molecular weight is 272 g/mol. The van der Waals surface area contributed by atoms with E-state index in [0.717, 1.165) is 50.9 Å². The maximum Gasteiger partial charge on any atom is 0.227 e. The van der Waals surface area contributed by atoms with Gasteiger partial charge < -0.3 is 10.6 Å². The molecule has 18 heavy (non-hydrogen) atoms. The minimum atomic E-state index is -0.152. The largest absolute Gasteiger partial charge is 0.353 e. The van der Waals surface area contributed by atoms with E-state index >= 15 is 0 Å². The van der Waals surface area contributed by atoms with Crippen LogP contribution in [0, 0.1) is 5.41 Å². The molecule has 0 aromatic carbocycles. The zero-order valence-electron chi connectivity index (χ0n) is 12.1. The number of carbonyl (C=O) groups excluding carboxylic acids is 1. The van der Waals surface area contributed by atoms with Crippen LogP contribution in [0.1, 0.15) is 46.0 Å². The van der Waals surface area contributed by atoms with Gasteiger partial charge in [0.1, 0.15) is 0 Å². The van der Waals surface area contributed by atoms with Crippen molar-refractivity contribution in [2.24, 2.45) is 5.41 Å². The van der Waals surface area contributed by atoms with E-state index in [1.807, 2.05) is 11.8 Å². The van der Waals surface area contributed by atoms with Gasteiger partial charge in [-0.15, -0.1) is 0 Å². The van der Waals surface area contributed by atoms with E-state index in [9.17, 15) is 4.79 Å². The summed E-state index contributed by atoms with van der Waals surface area (Å²) in [5.41, 5.74) is -0.152. The summed E-state index contributed by atoms with van der Waals surface area (Å²) in [6.45, 7) is 6.19. The van der Waals surface area contributed by atoms with E-state index in [4.69, 9.17) is 0 Å². The molecule has 1 saturated heterocycles. The van der Waals surface area contributed by atoms with Crippen molar-refractivity contribution in [3.05, 3.63) is 0 Å². The van der Waals surface area contributed by atoms with Gasteiger partial charge in [0.05, 0.1) is 5.41 Å². The van der Waals surface area contributed by atoms with Crippen LogP contribution in [-0.4, -0.2) is 37.0 Å². The lowest BCUT2D eigenvalue weighted by molar-refractivity contribution is -0.133. The molecule has 2 unspecified atom stereocenters. The molecular formula is C14H28N2OS. The van der Waals surface area contributed by atoms with Gasteiger partial charge in [-0.05, 0) is 51.2 Å². The molecule has 0 saturated carbocycles. The van der Waals surface area contributed by atoms with Gasteiger partial charge in [0.15, 0.2) is 0 Å². The van der Waals surface area contributed by atoms with Crippen LogP contribution in [0.4, 0.5) is 0 Å². The van der Waals surface area contributed by atoms with Crippen molar-refractivity contribution in [3.8, 4) is 0 Å². The first-order chi connectivity index (χ1) is 8.64. The zero-order valence-corrected chi connectivity index (χ0v) is 12.9. The standard InChI is InChI=1S/C14H28N2OS/c1-4-7-14(8-5-9-15-11-14)13(17)16-12(2)6-10-18-3/h12,15H,4-11H2,1-3H3,(H,16,17). The molecule has 0 bridgehead atoms. The molecule has 2 atom stereocenters. The van der Waals surface area contributed by atoms with Crippen LogP contribution in [0.15, 0.2) is 0 Å². The molecule has 106 valence electrons. The minimum Gasteiger partial charge on any atom is -0.353 e. The van der Waals surface area contributed by atoms with Crippen LogP contribution in [0.5, 0.6) is 0 Å².